The van der Waals surface area contributed by atoms with Crippen LogP contribution in [0.25, 0.3) is 0 Å². The molecule has 0 aliphatic carbocycles. The van der Waals surface area contributed by atoms with Gasteiger partial charge in [-0.05, 0) is 48.3 Å². The third-order valence-corrected chi connectivity index (χ3v) is 4.22. The van der Waals surface area contributed by atoms with E-state index in [0.717, 1.165) is 37.5 Å². The van der Waals surface area contributed by atoms with Gasteiger partial charge in [-0.1, -0.05) is 39.8 Å². The Morgan fingerprint density at radius 1 is 1.16 bits per heavy atom. The molecule has 0 N–H and O–H groups in total. The molecule has 1 unspecified atom stereocenters. The van der Waals surface area contributed by atoms with Crippen LogP contribution in [0.3, 0.4) is 0 Å². The number of benzene rings is 1. The predicted octanol–water partition coefficient (Wildman–Crippen LogP) is 5.41. The summed E-state index contributed by atoms with van der Waals surface area (Å²) in [6.07, 6.45) is 3.27. The maximum Gasteiger partial charge on any atom is 0.119 e. The number of ether oxygens (including phenoxy) is 1. The Morgan fingerprint density at radius 3 is 2.32 bits per heavy atom. The van der Waals surface area contributed by atoms with E-state index in [2.05, 4.69) is 52.0 Å². The van der Waals surface area contributed by atoms with Gasteiger partial charge in [0, 0.05) is 5.88 Å². The van der Waals surface area contributed by atoms with Crippen molar-refractivity contribution in [3.05, 3.63) is 29.8 Å². The summed E-state index contributed by atoms with van der Waals surface area (Å²) < 4.78 is 5.78. The van der Waals surface area contributed by atoms with Crippen molar-refractivity contribution in [3.63, 3.8) is 0 Å². The summed E-state index contributed by atoms with van der Waals surface area (Å²) >= 11 is 5.73. The topological polar surface area (TPSA) is 9.23 Å². The minimum atomic E-state index is 0.243. The molecule has 1 aromatic rings. The second-order valence-electron chi connectivity index (χ2n) is 5.98. The van der Waals surface area contributed by atoms with Crippen LogP contribution in [0, 0.1) is 5.92 Å². The van der Waals surface area contributed by atoms with Crippen molar-refractivity contribution in [2.45, 2.75) is 52.4 Å². The maximum atomic E-state index is 5.78. The number of hydrogen-bond acceptors (Lipinski definition) is 1. The first kappa shape index (κ1) is 16.4. The fraction of sp³-hybridized carbons (Fsp3) is 0.647. The van der Waals surface area contributed by atoms with Gasteiger partial charge >= 0.3 is 0 Å². The molecule has 19 heavy (non-hydrogen) atoms. The van der Waals surface area contributed by atoms with Crippen LogP contribution in [0.4, 0.5) is 0 Å². The Balaban J connectivity index is 2.45. The van der Waals surface area contributed by atoms with Crippen molar-refractivity contribution in [3.8, 4) is 5.75 Å². The molecule has 0 saturated carbocycles. The van der Waals surface area contributed by atoms with Crippen molar-refractivity contribution in [1.29, 1.82) is 0 Å². The summed E-state index contributed by atoms with van der Waals surface area (Å²) in [6, 6.07) is 8.53. The van der Waals surface area contributed by atoms with Gasteiger partial charge in [-0.3, -0.25) is 0 Å². The van der Waals surface area contributed by atoms with Crippen LogP contribution in [-0.2, 0) is 5.41 Å². The Morgan fingerprint density at radius 2 is 1.79 bits per heavy atom. The lowest BCUT2D eigenvalue weighted by Gasteiger charge is -2.23. The quantitative estimate of drug-likeness (QED) is 0.580. The monoisotopic (exact) mass is 282 g/mol. The highest BCUT2D eigenvalue weighted by molar-refractivity contribution is 6.17. The van der Waals surface area contributed by atoms with Gasteiger partial charge in [0.1, 0.15) is 5.75 Å². The van der Waals surface area contributed by atoms with E-state index >= 15 is 0 Å². The zero-order chi connectivity index (χ0) is 14.3. The highest BCUT2D eigenvalue weighted by atomic mass is 35.5. The van der Waals surface area contributed by atoms with Crippen LogP contribution in [0.15, 0.2) is 24.3 Å². The van der Waals surface area contributed by atoms with Crippen LogP contribution in [0.2, 0.25) is 0 Å². The zero-order valence-corrected chi connectivity index (χ0v) is 13.5. The standard InChI is InChI=1S/C17H27ClO/c1-5-17(3,4)15-6-8-16(9-7-15)19-13-11-14(2)10-12-18/h6-9,14H,5,10-13H2,1-4H3. The van der Waals surface area contributed by atoms with Crippen LogP contribution >= 0.6 is 11.6 Å². The summed E-state index contributed by atoms with van der Waals surface area (Å²) in [5.41, 5.74) is 1.62. The van der Waals surface area contributed by atoms with Gasteiger partial charge in [0.05, 0.1) is 6.61 Å². The van der Waals surface area contributed by atoms with Gasteiger partial charge in [-0.25, -0.2) is 0 Å². The molecule has 0 amide bonds. The van der Waals surface area contributed by atoms with Gasteiger partial charge in [0.15, 0.2) is 0 Å². The molecule has 0 heterocycles. The van der Waals surface area contributed by atoms with Crippen molar-refractivity contribution < 1.29 is 4.74 Å². The number of hydrogen-bond donors (Lipinski definition) is 0. The molecule has 1 aromatic carbocycles. The van der Waals surface area contributed by atoms with Crippen LogP contribution in [0.5, 0.6) is 5.75 Å². The number of halogens is 1. The molecular weight excluding hydrogens is 256 g/mol. The van der Waals surface area contributed by atoms with E-state index in [1.165, 1.54) is 5.56 Å². The van der Waals surface area contributed by atoms with E-state index in [-0.39, 0.29) is 5.41 Å². The molecule has 0 spiro atoms. The van der Waals surface area contributed by atoms with E-state index in [9.17, 15) is 0 Å². The Bertz CT molecular complexity index is 356. The Labute approximate surface area is 123 Å². The molecule has 0 fully saturated rings. The normalized spacial score (nSPS) is 13.3. The van der Waals surface area contributed by atoms with Gasteiger partial charge in [-0.15, -0.1) is 11.6 Å². The molecule has 2 heteroatoms. The fourth-order valence-electron chi connectivity index (χ4n) is 1.92. The first-order chi connectivity index (χ1) is 8.99. The third kappa shape index (κ3) is 5.44. The maximum absolute atomic E-state index is 5.78. The molecule has 0 saturated heterocycles. The van der Waals surface area contributed by atoms with Crippen LogP contribution in [0.1, 0.15) is 52.5 Å². The highest BCUT2D eigenvalue weighted by Gasteiger charge is 2.17. The Hall–Kier alpha value is -0.690. The first-order valence-corrected chi connectivity index (χ1v) is 7.82. The lowest BCUT2D eigenvalue weighted by molar-refractivity contribution is 0.282. The summed E-state index contributed by atoms with van der Waals surface area (Å²) in [4.78, 5) is 0. The summed E-state index contributed by atoms with van der Waals surface area (Å²) in [7, 11) is 0. The molecule has 108 valence electrons. The molecule has 0 aromatic heterocycles. The SMILES string of the molecule is CCC(C)(C)c1ccc(OCCC(C)CCCl)cc1. The molecular formula is C17H27ClO. The molecule has 1 atom stereocenters. The second-order valence-corrected chi connectivity index (χ2v) is 6.36. The van der Waals surface area contributed by atoms with E-state index in [0.29, 0.717) is 5.92 Å². The van der Waals surface area contributed by atoms with Crippen molar-refractivity contribution in [1.82, 2.24) is 0 Å². The number of rotatable bonds is 8. The van der Waals surface area contributed by atoms with Gasteiger partial charge in [0.25, 0.3) is 0 Å². The molecule has 0 aliphatic rings. The lowest BCUT2D eigenvalue weighted by atomic mass is 9.82. The van der Waals surface area contributed by atoms with Gasteiger partial charge < -0.3 is 4.74 Å². The molecule has 0 aliphatic heterocycles. The van der Waals surface area contributed by atoms with Crippen LogP contribution < -0.4 is 4.74 Å². The molecule has 1 rings (SSSR count). The molecule has 0 radical (unpaired) electrons. The number of alkyl halides is 1. The molecule has 0 bridgehead atoms. The summed E-state index contributed by atoms with van der Waals surface area (Å²) in [6.45, 7) is 9.77. The second kappa shape index (κ2) is 7.79. The van der Waals surface area contributed by atoms with E-state index < -0.39 is 0 Å². The zero-order valence-electron chi connectivity index (χ0n) is 12.7. The Kier molecular flexibility index (Phi) is 6.71. The average Bonchev–Trinajstić information content (AvgIpc) is 2.40. The van der Waals surface area contributed by atoms with Gasteiger partial charge in [0.2, 0.25) is 0 Å². The van der Waals surface area contributed by atoms with E-state index in [1.54, 1.807) is 0 Å². The fourth-order valence-corrected chi connectivity index (χ4v) is 2.29. The smallest absolute Gasteiger partial charge is 0.119 e. The third-order valence-electron chi connectivity index (χ3n) is 4.00. The van der Waals surface area contributed by atoms with Crippen molar-refractivity contribution in [2.75, 3.05) is 12.5 Å². The van der Waals surface area contributed by atoms with E-state index in [4.69, 9.17) is 16.3 Å². The average molecular weight is 283 g/mol. The lowest BCUT2D eigenvalue weighted by Crippen LogP contribution is -2.15. The largest absolute Gasteiger partial charge is 0.494 e. The van der Waals surface area contributed by atoms with Crippen molar-refractivity contribution in [2.24, 2.45) is 5.92 Å². The molecule has 1 nitrogen and oxygen atoms in total. The van der Waals surface area contributed by atoms with E-state index in [1.807, 2.05) is 0 Å². The highest BCUT2D eigenvalue weighted by Crippen LogP contribution is 2.28. The van der Waals surface area contributed by atoms with Gasteiger partial charge in [-0.2, -0.15) is 0 Å². The minimum absolute atomic E-state index is 0.243. The summed E-state index contributed by atoms with van der Waals surface area (Å²) in [5, 5.41) is 0. The minimum Gasteiger partial charge on any atom is -0.494 e. The van der Waals surface area contributed by atoms with Crippen LogP contribution in [-0.4, -0.2) is 12.5 Å². The predicted molar refractivity (Wildman–Crippen MR) is 84.4 cm³/mol. The first-order valence-electron chi connectivity index (χ1n) is 7.29. The van der Waals surface area contributed by atoms with Crippen molar-refractivity contribution >= 4 is 11.6 Å². The summed E-state index contributed by atoms with van der Waals surface area (Å²) in [5.74, 6) is 2.34.